The molecular formula is C9H12N2. The quantitative estimate of drug-likeness (QED) is 0.519. The van der Waals surface area contributed by atoms with Crippen molar-refractivity contribution in [2.75, 3.05) is 0 Å². The molecule has 1 aromatic carbocycles. The molecule has 0 amide bonds. The topological polar surface area (TPSA) is 52.0 Å². The molecule has 0 aliphatic rings. The van der Waals surface area contributed by atoms with Crippen molar-refractivity contribution >= 4 is 11.9 Å². The molecule has 58 valence electrons. The summed E-state index contributed by atoms with van der Waals surface area (Å²) in [5.74, 6) is 0. The second-order valence-corrected chi connectivity index (χ2v) is 2.44. The zero-order chi connectivity index (χ0) is 8.27. The molecule has 1 aromatic rings. The van der Waals surface area contributed by atoms with Gasteiger partial charge in [-0.25, -0.2) is 0 Å². The molecule has 0 saturated carbocycles. The van der Waals surface area contributed by atoms with Gasteiger partial charge in [0.1, 0.15) is 0 Å². The SMILES string of the molecule is C/C(N)=c1\cccc\c1=C\N. The molecular weight excluding hydrogens is 136 g/mol. The first-order valence-corrected chi connectivity index (χ1v) is 3.49. The lowest BCUT2D eigenvalue weighted by atomic mass is 10.2. The molecule has 0 aliphatic carbocycles. The van der Waals surface area contributed by atoms with Gasteiger partial charge < -0.3 is 11.5 Å². The number of benzene rings is 1. The molecule has 0 atom stereocenters. The highest BCUT2D eigenvalue weighted by Crippen LogP contribution is 1.74. The van der Waals surface area contributed by atoms with E-state index in [0.717, 1.165) is 16.1 Å². The summed E-state index contributed by atoms with van der Waals surface area (Å²) < 4.78 is 0. The molecule has 1 rings (SSSR count). The Morgan fingerprint density at radius 2 is 2.00 bits per heavy atom. The largest absolute Gasteiger partial charge is 0.404 e. The van der Waals surface area contributed by atoms with Gasteiger partial charge in [0, 0.05) is 17.1 Å². The monoisotopic (exact) mass is 148 g/mol. The third-order valence-electron chi connectivity index (χ3n) is 1.57. The van der Waals surface area contributed by atoms with Gasteiger partial charge in [-0.1, -0.05) is 24.3 Å². The van der Waals surface area contributed by atoms with Crippen LogP contribution in [0.2, 0.25) is 0 Å². The van der Waals surface area contributed by atoms with E-state index in [2.05, 4.69) is 0 Å². The number of hydrogen-bond acceptors (Lipinski definition) is 2. The molecule has 4 N–H and O–H groups in total. The molecule has 0 aromatic heterocycles. The summed E-state index contributed by atoms with van der Waals surface area (Å²) in [6.07, 6.45) is 1.56. The van der Waals surface area contributed by atoms with Crippen molar-refractivity contribution < 1.29 is 0 Å². The van der Waals surface area contributed by atoms with Crippen LogP contribution in [0.3, 0.4) is 0 Å². The van der Waals surface area contributed by atoms with Crippen molar-refractivity contribution in [3.05, 3.63) is 34.7 Å². The molecule has 0 bridgehead atoms. The van der Waals surface area contributed by atoms with Crippen molar-refractivity contribution in [3.63, 3.8) is 0 Å². The smallest absolute Gasteiger partial charge is 0.0129 e. The number of nitrogens with two attached hydrogens (primary N) is 2. The summed E-state index contributed by atoms with van der Waals surface area (Å²) in [4.78, 5) is 0. The minimum Gasteiger partial charge on any atom is -0.404 e. The van der Waals surface area contributed by atoms with Gasteiger partial charge in [0.05, 0.1) is 0 Å². The second kappa shape index (κ2) is 3.10. The van der Waals surface area contributed by atoms with Crippen LogP contribution >= 0.6 is 0 Å². The normalized spacial score (nSPS) is 14.8. The van der Waals surface area contributed by atoms with Gasteiger partial charge >= 0.3 is 0 Å². The standard InChI is InChI=1S/C9H12N2/c1-7(11)9-5-3-2-4-8(9)6-10/h2-6H,10-11H2,1H3/b8-6-,9-7-. The van der Waals surface area contributed by atoms with Crippen LogP contribution in [0.15, 0.2) is 24.3 Å². The van der Waals surface area contributed by atoms with Crippen LogP contribution in [-0.4, -0.2) is 0 Å². The van der Waals surface area contributed by atoms with E-state index in [0.29, 0.717) is 0 Å². The molecule has 0 aliphatic heterocycles. The van der Waals surface area contributed by atoms with Crippen molar-refractivity contribution in [1.82, 2.24) is 0 Å². The lowest BCUT2D eigenvalue weighted by molar-refractivity contribution is 1.39. The maximum atomic E-state index is 5.63. The van der Waals surface area contributed by atoms with Crippen molar-refractivity contribution in [1.29, 1.82) is 0 Å². The highest BCUT2D eigenvalue weighted by Gasteiger charge is 1.84. The van der Waals surface area contributed by atoms with E-state index in [1.807, 2.05) is 31.2 Å². The van der Waals surface area contributed by atoms with Crippen LogP contribution in [-0.2, 0) is 0 Å². The summed E-state index contributed by atoms with van der Waals surface area (Å²) in [7, 11) is 0. The number of rotatable bonds is 0. The fourth-order valence-electron chi connectivity index (χ4n) is 1.00. The molecule has 0 fully saturated rings. The fraction of sp³-hybridized carbons (Fsp3) is 0.111. The van der Waals surface area contributed by atoms with Gasteiger partial charge in [-0.2, -0.15) is 0 Å². The highest BCUT2D eigenvalue weighted by molar-refractivity contribution is 5.39. The summed E-state index contributed by atoms with van der Waals surface area (Å²) in [6, 6.07) is 7.77. The Morgan fingerprint density at radius 3 is 2.45 bits per heavy atom. The summed E-state index contributed by atoms with van der Waals surface area (Å²) in [5, 5.41) is 1.99. The predicted octanol–water partition coefficient (Wildman–Crippen LogP) is -0.530. The van der Waals surface area contributed by atoms with Gasteiger partial charge in [0.25, 0.3) is 0 Å². The lowest BCUT2D eigenvalue weighted by Crippen LogP contribution is -2.29. The van der Waals surface area contributed by atoms with E-state index >= 15 is 0 Å². The predicted molar refractivity (Wildman–Crippen MR) is 47.6 cm³/mol. The van der Waals surface area contributed by atoms with E-state index in [1.54, 1.807) is 6.20 Å². The molecule has 11 heavy (non-hydrogen) atoms. The van der Waals surface area contributed by atoms with Crippen LogP contribution < -0.4 is 21.9 Å². The van der Waals surface area contributed by atoms with Crippen LogP contribution in [0.25, 0.3) is 11.9 Å². The molecule has 0 unspecified atom stereocenters. The van der Waals surface area contributed by atoms with Crippen molar-refractivity contribution in [2.45, 2.75) is 6.92 Å². The van der Waals surface area contributed by atoms with E-state index in [-0.39, 0.29) is 0 Å². The Hall–Kier alpha value is -1.44. The van der Waals surface area contributed by atoms with Gasteiger partial charge in [-0.15, -0.1) is 0 Å². The first kappa shape index (κ1) is 7.66. The zero-order valence-corrected chi connectivity index (χ0v) is 6.54. The van der Waals surface area contributed by atoms with Crippen molar-refractivity contribution in [2.24, 2.45) is 11.5 Å². The van der Waals surface area contributed by atoms with Crippen LogP contribution in [0.5, 0.6) is 0 Å². The fourth-order valence-corrected chi connectivity index (χ4v) is 1.00. The number of hydrogen-bond donors (Lipinski definition) is 2. The molecule has 0 spiro atoms. The molecule has 0 saturated heterocycles. The van der Waals surface area contributed by atoms with E-state index in [9.17, 15) is 0 Å². The first-order chi connectivity index (χ1) is 5.25. The van der Waals surface area contributed by atoms with Gasteiger partial charge in [-0.3, -0.25) is 0 Å². The summed E-state index contributed by atoms with van der Waals surface area (Å²) >= 11 is 0. The third-order valence-corrected chi connectivity index (χ3v) is 1.57. The van der Waals surface area contributed by atoms with E-state index in [4.69, 9.17) is 11.5 Å². The van der Waals surface area contributed by atoms with Crippen LogP contribution in [0, 0.1) is 0 Å². The van der Waals surface area contributed by atoms with Crippen LogP contribution in [0.1, 0.15) is 6.92 Å². The molecule has 2 nitrogen and oxygen atoms in total. The highest BCUT2D eigenvalue weighted by atomic mass is 14.5. The van der Waals surface area contributed by atoms with Gasteiger partial charge in [0.2, 0.25) is 0 Å². The Balaban J connectivity index is 3.64. The first-order valence-electron chi connectivity index (χ1n) is 3.49. The zero-order valence-electron chi connectivity index (χ0n) is 6.54. The van der Waals surface area contributed by atoms with E-state index in [1.165, 1.54) is 0 Å². The minimum atomic E-state index is 0.794. The lowest BCUT2D eigenvalue weighted by Gasteiger charge is -1.91. The summed E-state index contributed by atoms with van der Waals surface area (Å²) in [5.41, 5.74) is 11.8. The maximum absolute atomic E-state index is 5.63. The molecule has 0 radical (unpaired) electrons. The maximum Gasteiger partial charge on any atom is 0.0129 e. The van der Waals surface area contributed by atoms with Crippen LogP contribution in [0.4, 0.5) is 0 Å². The summed E-state index contributed by atoms with van der Waals surface area (Å²) in [6.45, 7) is 1.86. The Morgan fingerprint density at radius 1 is 1.36 bits per heavy atom. The average Bonchev–Trinajstić information content (AvgIpc) is 2.04. The Kier molecular flexibility index (Phi) is 2.16. The van der Waals surface area contributed by atoms with Gasteiger partial charge in [-0.05, 0) is 12.1 Å². The molecule has 0 heterocycles. The Bertz CT molecular complexity index is 348. The third kappa shape index (κ3) is 1.52. The second-order valence-electron chi connectivity index (χ2n) is 2.44. The van der Waals surface area contributed by atoms with Crippen molar-refractivity contribution in [3.8, 4) is 0 Å². The van der Waals surface area contributed by atoms with Gasteiger partial charge in [0.15, 0.2) is 0 Å². The Labute approximate surface area is 65.8 Å². The van der Waals surface area contributed by atoms with E-state index < -0.39 is 0 Å². The molecule has 2 heteroatoms. The average molecular weight is 148 g/mol. The minimum absolute atomic E-state index is 0.794.